The van der Waals surface area contributed by atoms with Crippen LogP contribution in [-0.4, -0.2) is 30.6 Å². The van der Waals surface area contributed by atoms with E-state index in [-0.39, 0.29) is 5.54 Å². The van der Waals surface area contributed by atoms with Crippen molar-refractivity contribution >= 4 is 0 Å². The van der Waals surface area contributed by atoms with Gasteiger partial charge < -0.3 is 5.73 Å². The molecule has 0 radical (unpaired) electrons. The van der Waals surface area contributed by atoms with Gasteiger partial charge in [-0.3, -0.25) is 4.90 Å². The van der Waals surface area contributed by atoms with E-state index in [0.29, 0.717) is 0 Å². The molecule has 2 nitrogen and oxygen atoms in total. The van der Waals surface area contributed by atoms with Crippen molar-refractivity contribution < 1.29 is 0 Å². The molecule has 1 aromatic rings. The van der Waals surface area contributed by atoms with E-state index in [9.17, 15) is 0 Å². The highest BCUT2D eigenvalue weighted by Crippen LogP contribution is 2.36. The highest BCUT2D eigenvalue weighted by atomic mass is 15.2. The zero-order chi connectivity index (χ0) is 12.6. The molecule has 0 aromatic heterocycles. The van der Waals surface area contributed by atoms with E-state index in [1.807, 2.05) is 0 Å². The van der Waals surface area contributed by atoms with Gasteiger partial charge in [0.1, 0.15) is 0 Å². The van der Waals surface area contributed by atoms with E-state index in [1.165, 1.54) is 43.4 Å². The third-order valence-corrected chi connectivity index (χ3v) is 4.92. The molecule has 0 amide bonds. The minimum Gasteiger partial charge on any atom is -0.329 e. The molecule has 0 heterocycles. The molecule has 0 spiro atoms. The Kier molecular flexibility index (Phi) is 3.16. The second-order valence-electron chi connectivity index (χ2n) is 6.20. The topological polar surface area (TPSA) is 29.3 Å². The number of aryl methyl sites for hydroxylation is 1. The average molecular weight is 244 g/mol. The zero-order valence-corrected chi connectivity index (χ0v) is 11.4. The molecule has 1 aromatic carbocycles. The Labute approximate surface area is 110 Å². The Morgan fingerprint density at radius 2 is 2.00 bits per heavy atom. The summed E-state index contributed by atoms with van der Waals surface area (Å²) in [5.74, 6) is 0.940. The van der Waals surface area contributed by atoms with Crippen molar-refractivity contribution in [2.24, 2.45) is 11.7 Å². The predicted molar refractivity (Wildman–Crippen MR) is 75.6 cm³/mol. The summed E-state index contributed by atoms with van der Waals surface area (Å²) in [6.07, 6.45) is 6.36. The first-order valence-electron chi connectivity index (χ1n) is 7.22. The SMILES string of the molecule is CN(CC1CC1)C1(CN)CCc2ccccc2C1. The predicted octanol–water partition coefficient (Wildman–Crippen LogP) is 2.21. The molecule has 0 aliphatic heterocycles. The Hall–Kier alpha value is -0.860. The van der Waals surface area contributed by atoms with E-state index < -0.39 is 0 Å². The Balaban J connectivity index is 1.80. The van der Waals surface area contributed by atoms with Gasteiger partial charge in [-0.1, -0.05) is 24.3 Å². The summed E-state index contributed by atoms with van der Waals surface area (Å²) >= 11 is 0. The van der Waals surface area contributed by atoms with Crippen LogP contribution in [0.2, 0.25) is 0 Å². The van der Waals surface area contributed by atoms with Gasteiger partial charge in [-0.15, -0.1) is 0 Å². The molecule has 2 aliphatic carbocycles. The molecule has 2 N–H and O–H groups in total. The second-order valence-corrected chi connectivity index (χ2v) is 6.20. The standard InChI is InChI=1S/C16H24N2/c1-18(11-13-6-7-13)16(12-17)9-8-14-4-2-3-5-15(14)10-16/h2-5,13H,6-12,17H2,1H3. The van der Waals surface area contributed by atoms with Crippen LogP contribution in [0, 0.1) is 5.92 Å². The number of nitrogens with two attached hydrogens (primary N) is 1. The van der Waals surface area contributed by atoms with E-state index >= 15 is 0 Å². The molecule has 0 saturated heterocycles. The van der Waals surface area contributed by atoms with E-state index in [2.05, 4.69) is 36.2 Å². The maximum atomic E-state index is 6.15. The molecule has 1 fully saturated rings. The normalized spacial score (nSPS) is 27.3. The van der Waals surface area contributed by atoms with E-state index in [0.717, 1.165) is 18.9 Å². The van der Waals surface area contributed by atoms with Gasteiger partial charge in [-0.2, -0.15) is 0 Å². The molecule has 2 heteroatoms. The number of nitrogens with zero attached hydrogens (tertiary/aromatic N) is 1. The number of likely N-dealkylation sites (N-methyl/N-ethyl adjacent to an activating group) is 1. The first-order valence-corrected chi connectivity index (χ1v) is 7.22. The monoisotopic (exact) mass is 244 g/mol. The summed E-state index contributed by atoms with van der Waals surface area (Å²) < 4.78 is 0. The highest BCUT2D eigenvalue weighted by molar-refractivity contribution is 5.32. The maximum absolute atomic E-state index is 6.15. The second kappa shape index (κ2) is 4.67. The summed E-state index contributed by atoms with van der Waals surface area (Å²) in [7, 11) is 2.28. The third-order valence-electron chi connectivity index (χ3n) is 4.92. The fourth-order valence-corrected chi connectivity index (χ4v) is 3.32. The van der Waals surface area contributed by atoms with E-state index in [4.69, 9.17) is 5.73 Å². The van der Waals surface area contributed by atoms with Crippen LogP contribution in [0.5, 0.6) is 0 Å². The Bertz CT molecular complexity index is 425. The summed E-state index contributed by atoms with van der Waals surface area (Å²) in [6.45, 7) is 2.02. The molecule has 1 atom stereocenters. The van der Waals surface area contributed by atoms with Crippen LogP contribution in [0.25, 0.3) is 0 Å². The number of benzene rings is 1. The lowest BCUT2D eigenvalue weighted by Gasteiger charge is -2.45. The van der Waals surface area contributed by atoms with Gasteiger partial charge in [0, 0.05) is 18.6 Å². The van der Waals surface area contributed by atoms with Gasteiger partial charge in [0.25, 0.3) is 0 Å². The number of fused-ring (bicyclic) bond motifs is 1. The smallest absolute Gasteiger partial charge is 0.0372 e. The summed E-state index contributed by atoms with van der Waals surface area (Å²) in [6, 6.07) is 8.87. The van der Waals surface area contributed by atoms with Crippen LogP contribution in [0.3, 0.4) is 0 Å². The van der Waals surface area contributed by atoms with Gasteiger partial charge in [0.15, 0.2) is 0 Å². The van der Waals surface area contributed by atoms with Gasteiger partial charge >= 0.3 is 0 Å². The lowest BCUT2D eigenvalue weighted by molar-refractivity contribution is 0.103. The van der Waals surface area contributed by atoms with Crippen LogP contribution in [0.15, 0.2) is 24.3 Å². The molecular formula is C16H24N2. The van der Waals surface area contributed by atoms with Crippen LogP contribution in [-0.2, 0) is 12.8 Å². The van der Waals surface area contributed by atoms with Crippen LogP contribution in [0.4, 0.5) is 0 Å². The van der Waals surface area contributed by atoms with Crippen molar-refractivity contribution in [1.29, 1.82) is 0 Å². The maximum Gasteiger partial charge on any atom is 0.0372 e. The number of hydrogen-bond acceptors (Lipinski definition) is 2. The number of hydrogen-bond donors (Lipinski definition) is 1. The van der Waals surface area contributed by atoms with Crippen molar-refractivity contribution in [2.75, 3.05) is 20.1 Å². The first kappa shape index (κ1) is 12.2. The molecule has 0 bridgehead atoms. The minimum absolute atomic E-state index is 0.205. The minimum atomic E-state index is 0.205. The van der Waals surface area contributed by atoms with Gasteiger partial charge in [-0.25, -0.2) is 0 Å². The lowest BCUT2D eigenvalue weighted by Crippen LogP contribution is -2.56. The highest BCUT2D eigenvalue weighted by Gasteiger charge is 2.38. The lowest BCUT2D eigenvalue weighted by atomic mass is 9.77. The number of rotatable bonds is 4. The molecule has 1 unspecified atom stereocenters. The van der Waals surface area contributed by atoms with Crippen molar-refractivity contribution in [1.82, 2.24) is 4.90 Å². The molecule has 2 aliphatic rings. The van der Waals surface area contributed by atoms with Gasteiger partial charge in [-0.05, 0) is 56.2 Å². The van der Waals surface area contributed by atoms with Crippen molar-refractivity contribution in [3.63, 3.8) is 0 Å². The Morgan fingerprint density at radius 1 is 1.28 bits per heavy atom. The summed E-state index contributed by atoms with van der Waals surface area (Å²) in [4.78, 5) is 2.56. The quantitative estimate of drug-likeness (QED) is 0.880. The fourth-order valence-electron chi connectivity index (χ4n) is 3.32. The summed E-state index contributed by atoms with van der Waals surface area (Å²) in [5.41, 5.74) is 9.40. The average Bonchev–Trinajstić information content (AvgIpc) is 3.22. The van der Waals surface area contributed by atoms with E-state index in [1.54, 1.807) is 0 Å². The van der Waals surface area contributed by atoms with Gasteiger partial charge in [0.05, 0.1) is 0 Å². The largest absolute Gasteiger partial charge is 0.329 e. The van der Waals surface area contributed by atoms with Crippen molar-refractivity contribution in [3.05, 3.63) is 35.4 Å². The molecule has 18 heavy (non-hydrogen) atoms. The Morgan fingerprint density at radius 3 is 2.67 bits per heavy atom. The van der Waals surface area contributed by atoms with Crippen LogP contribution >= 0.6 is 0 Å². The summed E-state index contributed by atoms with van der Waals surface area (Å²) in [5, 5.41) is 0. The fraction of sp³-hybridized carbons (Fsp3) is 0.625. The molecule has 98 valence electrons. The first-order chi connectivity index (χ1) is 8.73. The molecular weight excluding hydrogens is 220 g/mol. The van der Waals surface area contributed by atoms with Crippen LogP contribution < -0.4 is 5.73 Å². The molecule has 3 rings (SSSR count). The molecule has 1 saturated carbocycles. The van der Waals surface area contributed by atoms with Gasteiger partial charge in [0.2, 0.25) is 0 Å². The zero-order valence-electron chi connectivity index (χ0n) is 11.4. The third kappa shape index (κ3) is 2.19. The van der Waals surface area contributed by atoms with Crippen LogP contribution in [0.1, 0.15) is 30.4 Å². The van der Waals surface area contributed by atoms with Crippen molar-refractivity contribution in [2.45, 2.75) is 37.6 Å². The van der Waals surface area contributed by atoms with Crippen molar-refractivity contribution in [3.8, 4) is 0 Å².